The van der Waals surface area contributed by atoms with Crippen LogP contribution in [0.3, 0.4) is 0 Å². The number of likely N-dealkylation sites (N-methyl/N-ethyl adjacent to an activating group) is 1. The van der Waals surface area contributed by atoms with Crippen molar-refractivity contribution in [3.63, 3.8) is 0 Å². The molecule has 21 heavy (non-hydrogen) atoms. The van der Waals surface area contributed by atoms with Gasteiger partial charge in [-0.05, 0) is 24.3 Å². The molecular formula is C14H19N3O4. The van der Waals surface area contributed by atoms with Gasteiger partial charge in [-0.3, -0.25) is 10.1 Å². The van der Waals surface area contributed by atoms with Crippen LogP contribution in [0, 0.1) is 10.1 Å². The molecule has 0 radical (unpaired) electrons. The van der Waals surface area contributed by atoms with Crippen LogP contribution in [0.2, 0.25) is 0 Å². The molecule has 0 spiro atoms. The summed E-state index contributed by atoms with van der Waals surface area (Å²) in [6.45, 7) is 4.15. The Kier molecular flexibility index (Phi) is 6.90. The molecule has 0 saturated heterocycles. The van der Waals surface area contributed by atoms with E-state index in [1.54, 1.807) is 12.1 Å². The Hall–Kier alpha value is -2.41. The van der Waals surface area contributed by atoms with Crippen LogP contribution >= 0.6 is 0 Å². The van der Waals surface area contributed by atoms with Crippen molar-refractivity contribution in [3.8, 4) is 0 Å². The lowest BCUT2D eigenvalue weighted by atomic mass is 10.1. The van der Waals surface area contributed by atoms with E-state index in [4.69, 9.17) is 0 Å². The number of nitro groups is 1. The van der Waals surface area contributed by atoms with Crippen molar-refractivity contribution in [3.05, 3.63) is 40.0 Å². The van der Waals surface area contributed by atoms with Crippen LogP contribution in [0.4, 0.5) is 11.4 Å². The lowest BCUT2D eigenvalue weighted by molar-refractivity contribution is -0.384. The van der Waals surface area contributed by atoms with Crippen LogP contribution in [0.5, 0.6) is 0 Å². The first-order valence-electron chi connectivity index (χ1n) is 6.57. The van der Waals surface area contributed by atoms with E-state index in [2.05, 4.69) is 15.4 Å². The average molecular weight is 293 g/mol. The molecule has 0 heterocycles. The van der Waals surface area contributed by atoms with Crippen molar-refractivity contribution in [1.29, 1.82) is 0 Å². The Morgan fingerprint density at radius 1 is 1.43 bits per heavy atom. The van der Waals surface area contributed by atoms with Crippen LogP contribution < -0.4 is 10.6 Å². The minimum atomic E-state index is -0.509. The van der Waals surface area contributed by atoms with Crippen molar-refractivity contribution in [2.24, 2.45) is 0 Å². The summed E-state index contributed by atoms with van der Waals surface area (Å²) in [5.74, 6) is -0.509. The van der Waals surface area contributed by atoms with Crippen LogP contribution in [-0.2, 0) is 9.53 Å². The molecule has 0 fully saturated rings. The van der Waals surface area contributed by atoms with Crippen LogP contribution in [-0.4, -0.2) is 37.6 Å². The summed E-state index contributed by atoms with van der Waals surface area (Å²) in [5, 5.41) is 17.2. The van der Waals surface area contributed by atoms with Crippen LogP contribution in [0.25, 0.3) is 6.08 Å². The van der Waals surface area contributed by atoms with Gasteiger partial charge < -0.3 is 15.4 Å². The van der Waals surface area contributed by atoms with Gasteiger partial charge in [0.25, 0.3) is 5.69 Å². The highest BCUT2D eigenvalue weighted by Crippen LogP contribution is 2.25. The average Bonchev–Trinajstić information content (AvgIpc) is 2.49. The van der Waals surface area contributed by atoms with E-state index in [1.165, 1.54) is 25.3 Å². The lowest BCUT2D eigenvalue weighted by Gasteiger charge is -2.08. The first kappa shape index (κ1) is 16.6. The summed E-state index contributed by atoms with van der Waals surface area (Å²) in [6, 6.07) is 4.73. The van der Waals surface area contributed by atoms with Gasteiger partial charge in [-0.2, -0.15) is 0 Å². The van der Waals surface area contributed by atoms with Gasteiger partial charge >= 0.3 is 5.97 Å². The van der Waals surface area contributed by atoms with Crippen molar-refractivity contribution in [2.75, 3.05) is 32.1 Å². The molecule has 7 heteroatoms. The molecule has 0 aliphatic rings. The van der Waals surface area contributed by atoms with E-state index < -0.39 is 10.9 Å². The standard InChI is InChI=1S/C14H19N3O4/c1-3-15-8-9-16-12-6-4-11(5-7-14(18)21-2)10-13(12)17(19)20/h4-7,10,15-16H,3,8-9H2,1-2H3. The maximum Gasteiger partial charge on any atom is 0.330 e. The van der Waals surface area contributed by atoms with Gasteiger partial charge in [0.1, 0.15) is 5.69 Å². The molecule has 1 rings (SSSR count). The summed E-state index contributed by atoms with van der Waals surface area (Å²) in [5.41, 5.74) is 0.982. The molecule has 1 aromatic rings. The lowest BCUT2D eigenvalue weighted by Crippen LogP contribution is -2.21. The number of nitrogens with one attached hydrogen (secondary N) is 2. The number of esters is 1. The highest BCUT2D eigenvalue weighted by atomic mass is 16.6. The fourth-order valence-corrected chi connectivity index (χ4v) is 1.65. The first-order valence-corrected chi connectivity index (χ1v) is 6.57. The number of anilines is 1. The molecule has 0 atom stereocenters. The second-order valence-corrected chi connectivity index (χ2v) is 4.17. The second kappa shape index (κ2) is 8.70. The fraction of sp³-hybridized carbons (Fsp3) is 0.357. The van der Waals surface area contributed by atoms with Crippen LogP contribution in [0.15, 0.2) is 24.3 Å². The van der Waals surface area contributed by atoms with E-state index in [1.807, 2.05) is 6.92 Å². The van der Waals surface area contributed by atoms with Gasteiger partial charge in [-0.1, -0.05) is 13.0 Å². The van der Waals surface area contributed by atoms with Gasteiger partial charge in [0, 0.05) is 25.2 Å². The predicted molar refractivity (Wildman–Crippen MR) is 81.2 cm³/mol. The summed E-state index contributed by atoms with van der Waals surface area (Å²) >= 11 is 0. The minimum absolute atomic E-state index is 0.0292. The number of ether oxygens (including phenoxy) is 1. The molecule has 0 amide bonds. The number of hydrogen-bond acceptors (Lipinski definition) is 6. The number of nitrogens with zero attached hydrogens (tertiary/aromatic N) is 1. The molecule has 1 aromatic carbocycles. The topological polar surface area (TPSA) is 93.5 Å². The van der Waals surface area contributed by atoms with Crippen LogP contribution in [0.1, 0.15) is 12.5 Å². The van der Waals surface area contributed by atoms with E-state index in [0.717, 1.165) is 13.1 Å². The third kappa shape index (κ3) is 5.62. The van der Waals surface area contributed by atoms with Gasteiger partial charge in [0.05, 0.1) is 12.0 Å². The highest BCUT2D eigenvalue weighted by molar-refractivity contribution is 5.87. The van der Waals surface area contributed by atoms with E-state index in [0.29, 0.717) is 17.8 Å². The van der Waals surface area contributed by atoms with Gasteiger partial charge in [0.15, 0.2) is 0 Å². The van der Waals surface area contributed by atoms with Crippen molar-refractivity contribution in [1.82, 2.24) is 5.32 Å². The number of carbonyl (C=O) groups is 1. The Balaban J connectivity index is 2.84. The largest absolute Gasteiger partial charge is 0.466 e. The summed E-state index contributed by atoms with van der Waals surface area (Å²) in [6.07, 6.45) is 2.69. The number of nitro benzene ring substituents is 1. The third-order valence-corrected chi connectivity index (χ3v) is 2.70. The zero-order chi connectivity index (χ0) is 15.7. The van der Waals surface area contributed by atoms with E-state index >= 15 is 0 Å². The Morgan fingerprint density at radius 2 is 2.19 bits per heavy atom. The quantitative estimate of drug-likeness (QED) is 0.249. The molecule has 0 aliphatic carbocycles. The van der Waals surface area contributed by atoms with Crippen molar-refractivity contribution in [2.45, 2.75) is 6.92 Å². The van der Waals surface area contributed by atoms with Crippen molar-refractivity contribution >= 4 is 23.4 Å². The SMILES string of the molecule is CCNCCNc1ccc(C=CC(=O)OC)cc1[N+](=O)[O-]. The maximum absolute atomic E-state index is 11.1. The Labute approximate surface area is 123 Å². The molecular weight excluding hydrogens is 274 g/mol. The fourth-order valence-electron chi connectivity index (χ4n) is 1.65. The second-order valence-electron chi connectivity index (χ2n) is 4.17. The molecule has 0 bridgehead atoms. The highest BCUT2D eigenvalue weighted by Gasteiger charge is 2.13. The Morgan fingerprint density at radius 3 is 2.81 bits per heavy atom. The molecule has 7 nitrogen and oxygen atoms in total. The molecule has 0 aromatic heterocycles. The molecule has 0 saturated carbocycles. The zero-order valence-electron chi connectivity index (χ0n) is 12.1. The number of hydrogen-bond donors (Lipinski definition) is 2. The smallest absolute Gasteiger partial charge is 0.330 e. The maximum atomic E-state index is 11.1. The number of rotatable bonds is 8. The molecule has 2 N–H and O–H groups in total. The Bertz CT molecular complexity index is 529. The summed E-state index contributed by atoms with van der Waals surface area (Å²) in [7, 11) is 1.27. The van der Waals surface area contributed by atoms with E-state index in [-0.39, 0.29) is 5.69 Å². The van der Waals surface area contributed by atoms with Gasteiger partial charge in [0.2, 0.25) is 0 Å². The minimum Gasteiger partial charge on any atom is -0.466 e. The predicted octanol–water partition coefficient (Wildman–Crippen LogP) is 1.80. The number of methoxy groups -OCH3 is 1. The first-order chi connectivity index (χ1) is 10.1. The normalized spacial score (nSPS) is 10.6. The number of benzene rings is 1. The van der Waals surface area contributed by atoms with E-state index in [9.17, 15) is 14.9 Å². The molecule has 114 valence electrons. The monoisotopic (exact) mass is 293 g/mol. The summed E-state index contributed by atoms with van der Waals surface area (Å²) < 4.78 is 4.47. The van der Waals surface area contributed by atoms with Crippen molar-refractivity contribution < 1.29 is 14.5 Å². The third-order valence-electron chi connectivity index (χ3n) is 2.70. The number of carbonyl (C=O) groups excluding carboxylic acids is 1. The summed E-state index contributed by atoms with van der Waals surface area (Å²) in [4.78, 5) is 21.6. The zero-order valence-corrected chi connectivity index (χ0v) is 12.1. The van der Waals surface area contributed by atoms with Gasteiger partial charge in [-0.15, -0.1) is 0 Å². The molecule has 0 unspecified atom stereocenters. The van der Waals surface area contributed by atoms with Gasteiger partial charge in [-0.25, -0.2) is 4.79 Å². The molecule has 0 aliphatic heterocycles.